The quantitative estimate of drug-likeness (QED) is 0.639. The molecule has 1 saturated heterocycles. The minimum absolute atomic E-state index is 0.0199. The van der Waals surface area contributed by atoms with Crippen molar-refractivity contribution < 1.29 is 23.1 Å². The van der Waals surface area contributed by atoms with Gasteiger partial charge in [0, 0.05) is 0 Å². The maximum absolute atomic E-state index is 12.1. The van der Waals surface area contributed by atoms with Gasteiger partial charge in [0.25, 0.3) is 0 Å². The van der Waals surface area contributed by atoms with Crippen molar-refractivity contribution in [3.05, 3.63) is 0 Å². The van der Waals surface area contributed by atoms with Gasteiger partial charge in [-0.25, -0.2) is 0 Å². The second kappa shape index (κ2) is 3.39. The Morgan fingerprint density at radius 2 is 2.07 bits per heavy atom. The molecular formula is C7H11F3N2O2. The number of carbonyl (C=O) groups is 1. The molecule has 82 valence electrons. The standard InChI is InChI=1S/C7H11F3N2O2/c1-11-2-5(13)12-3-6(14,4-12)7(8,9)10/h11,14H,2-4H2,1H3. The summed E-state index contributed by atoms with van der Waals surface area (Å²) in [5.41, 5.74) is -2.71. The summed E-state index contributed by atoms with van der Waals surface area (Å²) in [4.78, 5) is 12.0. The van der Waals surface area contributed by atoms with E-state index in [2.05, 4.69) is 5.32 Å². The number of likely N-dealkylation sites (tertiary alicyclic amines) is 1. The van der Waals surface area contributed by atoms with Crippen LogP contribution in [-0.2, 0) is 4.79 Å². The summed E-state index contributed by atoms with van der Waals surface area (Å²) in [7, 11) is 1.52. The lowest BCUT2D eigenvalue weighted by Gasteiger charge is -2.46. The SMILES string of the molecule is CNCC(=O)N1CC(O)(C(F)(F)F)C1. The molecule has 0 aromatic rings. The first-order valence-electron chi connectivity index (χ1n) is 4.01. The van der Waals surface area contributed by atoms with E-state index in [1.807, 2.05) is 0 Å². The minimum atomic E-state index is -4.66. The molecule has 1 aliphatic heterocycles. The van der Waals surface area contributed by atoms with E-state index in [0.29, 0.717) is 0 Å². The number of rotatable bonds is 2. The summed E-state index contributed by atoms with van der Waals surface area (Å²) in [6.45, 7) is -1.36. The third-order valence-electron chi connectivity index (χ3n) is 2.11. The van der Waals surface area contributed by atoms with Gasteiger partial charge >= 0.3 is 6.18 Å². The van der Waals surface area contributed by atoms with Gasteiger partial charge in [0.1, 0.15) is 0 Å². The zero-order chi connectivity index (χ0) is 11.0. The van der Waals surface area contributed by atoms with Crippen molar-refractivity contribution in [2.24, 2.45) is 0 Å². The number of β-amino-alcohol motifs (C(OH)–C–C–N with tert-alkyl or cyclic N) is 1. The average Bonchev–Trinajstić information content (AvgIpc) is 1.96. The fourth-order valence-corrected chi connectivity index (χ4v) is 1.20. The van der Waals surface area contributed by atoms with Gasteiger partial charge in [-0.15, -0.1) is 0 Å². The molecule has 0 spiro atoms. The maximum Gasteiger partial charge on any atom is 0.420 e. The monoisotopic (exact) mass is 212 g/mol. The molecule has 0 aromatic carbocycles. The number of amides is 1. The first-order chi connectivity index (χ1) is 6.30. The van der Waals surface area contributed by atoms with Crippen LogP contribution in [0.2, 0.25) is 0 Å². The van der Waals surface area contributed by atoms with E-state index >= 15 is 0 Å². The molecule has 1 rings (SSSR count). The number of nitrogens with zero attached hydrogens (tertiary/aromatic N) is 1. The van der Waals surface area contributed by atoms with Crippen LogP contribution in [0.3, 0.4) is 0 Å². The molecule has 0 aromatic heterocycles. The summed E-state index contributed by atoms with van der Waals surface area (Å²) >= 11 is 0. The number of likely N-dealkylation sites (N-methyl/N-ethyl adjacent to an activating group) is 1. The Morgan fingerprint density at radius 1 is 1.57 bits per heavy atom. The van der Waals surface area contributed by atoms with Crippen molar-refractivity contribution >= 4 is 5.91 Å². The zero-order valence-corrected chi connectivity index (χ0v) is 7.56. The van der Waals surface area contributed by atoms with Crippen LogP contribution in [0, 0.1) is 0 Å². The second-order valence-electron chi connectivity index (χ2n) is 3.31. The molecule has 1 aliphatic rings. The van der Waals surface area contributed by atoms with Gasteiger partial charge < -0.3 is 15.3 Å². The van der Waals surface area contributed by atoms with Gasteiger partial charge in [-0.3, -0.25) is 4.79 Å². The van der Waals surface area contributed by atoms with Crippen LogP contribution in [0.5, 0.6) is 0 Å². The van der Waals surface area contributed by atoms with E-state index in [9.17, 15) is 18.0 Å². The minimum Gasteiger partial charge on any atom is -0.378 e. The highest BCUT2D eigenvalue weighted by Gasteiger charge is 2.61. The van der Waals surface area contributed by atoms with Gasteiger partial charge in [0.2, 0.25) is 5.91 Å². The number of carbonyl (C=O) groups excluding carboxylic acids is 1. The van der Waals surface area contributed by atoms with Crippen molar-refractivity contribution in [3.8, 4) is 0 Å². The average molecular weight is 212 g/mol. The number of hydrogen-bond acceptors (Lipinski definition) is 3. The van der Waals surface area contributed by atoms with Crippen LogP contribution < -0.4 is 5.32 Å². The summed E-state index contributed by atoms with van der Waals surface area (Å²) < 4.78 is 36.3. The van der Waals surface area contributed by atoms with Crippen molar-refractivity contribution in [3.63, 3.8) is 0 Å². The highest BCUT2D eigenvalue weighted by molar-refractivity contribution is 5.79. The smallest absolute Gasteiger partial charge is 0.378 e. The molecule has 1 amide bonds. The third kappa shape index (κ3) is 1.83. The van der Waals surface area contributed by atoms with Crippen molar-refractivity contribution in [1.82, 2.24) is 10.2 Å². The zero-order valence-electron chi connectivity index (χ0n) is 7.56. The van der Waals surface area contributed by atoms with Gasteiger partial charge in [-0.2, -0.15) is 13.2 Å². The summed E-state index contributed by atoms with van der Waals surface area (Å²) in [5, 5.41) is 11.5. The van der Waals surface area contributed by atoms with Crippen LogP contribution in [0.15, 0.2) is 0 Å². The number of aliphatic hydroxyl groups is 1. The normalized spacial score (nSPS) is 20.5. The van der Waals surface area contributed by atoms with E-state index in [0.717, 1.165) is 4.90 Å². The number of alkyl halides is 3. The summed E-state index contributed by atoms with van der Waals surface area (Å²) in [5.74, 6) is -0.443. The van der Waals surface area contributed by atoms with E-state index in [1.165, 1.54) is 7.05 Å². The van der Waals surface area contributed by atoms with Crippen LogP contribution in [-0.4, -0.2) is 54.4 Å². The Kier molecular flexibility index (Phi) is 2.73. The first kappa shape index (κ1) is 11.3. The highest BCUT2D eigenvalue weighted by Crippen LogP contribution is 2.37. The molecular weight excluding hydrogens is 201 g/mol. The molecule has 0 unspecified atom stereocenters. The fraction of sp³-hybridized carbons (Fsp3) is 0.857. The lowest BCUT2D eigenvalue weighted by Crippen LogP contribution is -2.70. The highest BCUT2D eigenvalue weighted by atomic mass is 19.4. The van der Waals surface area contributed by atoms with E-state index < -0.39 is 30.8 Å². The van der Waals surface area contributed by atoms with Gasteiger partial charge in [-0.05, 0) is 7.05 Å². The topological polar surface area (TPSA) is 52.6 Å². The van der Waals surface area contributed by atoms with Crippen LogP contribution in [0.1, 0.15) is 0 Å². The number of halogens is 3. The van der Waals surface area contributed by atoms with Crippen molar-refractivity contribution in [1.29, 1.82) is 0 Å². The Hall–Kier alpha value is -0.820. The Bertz CT molecular complexity index is 236. The fourth-order valence-electron chi connectivity index (χ4n) is 1.20. The molecule has 0 aliphatic carbocycles. The number of nitrogens with one attached hydrogen (secondary N) is 1. The lowest BCUT2D eigenvalue weighted by molar-refractivity contribution is -0.297. The third-order valence-corrected chi connectivity index (χ3v) is 2.11. The Balaban J connectivity index is 2.47. The van der Waals surface area contributed by atoms with Crippen molar-refractivity contribution in [2.45, 2.75) is 11.8 Å². The predicted molar refractivity (Wildman–Crippen MR) is 41.5 cm³/mol. The van der Waals surface area contributed by atoms with Crippen LogP contribution in [0.4, 0.5) is 13.2 Å². The van der Waals surface area contributed by atoms with E-state index in [-0.39, 0.29) is 6.54 Å². The Labute approximate surface area is 78.7 Å². The van der Waals surface area contributed by atoms with E-state index in [1.54, 1.807) is 0 Å². The molecule has 4 nitrogen and oxygen atoms in total. The second-order valence-corrected chi connectivity index (χ2v) is 3.31. The summed E-state index contributed by atoms with van der Waals surface area (Å²) in [6.07, 6.45) is -4.66. The van der Waals surface area contributed by atoms with Gasteiger partial charge in [0.15, 0.2) is 5.60 Å². The van der Waals surface area contributed by atoms with E-state index in [4.69, 9.17) is 5.11 Å². The van der Waals surface area contributed by atoms with Crippen molar-refractivity contribution in [2.75, 3.05) is 26.7 Å². The Morgan fingerprint density at radius 3 is 2.43 bits per heavy atom. The van der Waals surface area contributed by atoms with Crippen LogP contribution in [0.25, 0.3) is 0 Å². The maximum atomic E-state index is 12.1. The molecule has 1 heterocycles. The predicted octanol–water partition coefficient (Wildman–Crippen LogP) is -0.659. The molecule has 0 bridgehead atoms. The lowest BCUT2D eigenvalue weighted by atomic mass is 9.93. The molecule has 0 radical (unpaired) electrons. The van der Waals surface area contributed by atoms with Crippen LogP contribution >= 0.6 is 0 Å². The first-order valence-corrected chi connectivity index (χ1v) is 4.01. The molecule has 0 atom stereocenters. The van der Waals surface area contributed by atoms with Gasteiger partial charge in [-0.1, -0.05) is 0 Å². The largest absolute Gasteiger partial charge is 0.420 e. The number of hydrogen-bond donors (Lipinski definition) is 2. The summed E-state index contributed by atoms with van der Waals surface area (Å²) in [6, 6.07) is 0. The molecule has 2 N–H and O–H groups in total. The molecule has 1 fully saturated rings. The molecule has 0 saturated carbocycles. The van der Waals surface area contributed by atoms with Gasteiger partial charge in [0.05, 0.1) is 19.6 Å². The molecule has 14 heavy (non-hydrogen) atoms. The molecule has 7 heteroatoms.